The summed E-state index contributed by atoms with van der Waals surface area (Å²) in [6, 6.07) is 8.13. The van der Waals surface area contributed by atoms with Gasteiger partial charge in [-0.1, -0.05) is 24.4 Å². The van der Waals surface area contributed by atoms with Crippen LogP contribution < -0.4 is 10.3 Å². The molecule has 2 saturated carbocycles. The Morgan fingerprint density at radius 2 is 1.94 bits per heavy atom. The molecule has 0 radical (unpaired) electrons. The van der Waals surface area contributed by atoms with Gasteiger partial charge in [0.25, 0.3) is 0 Å². The van der Waals surface area contributed by atoms with Crippen LogP contribution in [-0.2, 0) is 9.53 Å². The van der Waals surface area contributed by atoms with Gasteiger partial charge in [-0.15, -0.1) is 0 Å². The average Bonchev–Trinajstić information content (AvgIpc) is 3.38. The first-order valence-electron chi connectivity index (χ1n) is 13.5. The van der Waals surface area contributed by atoms with Crippen molar-refractivity contribution in [2.75, 3.05) is 57.5 Å². The molecule has 2 saturated heterocycles. The third-order valence-electron chi connectivity index (χ3n) is 8.90. The molecule has 2 aliphatic carbocycles. The summed E-state index contributed by atoms with van der Waals surface area (Å²) in [5.74, 6) is 3.05. The molecule has 1 aromatic carbocycles. The number of carbonyl (C=O) groups excluding carboxylic acids is 1. The highest BCUT2D eigenvalue weighted by atomic mass is 35.5. The molecule has 6 rings (SSSR count). The van der Waals surface area contributed by atoms with Crippen LogP contribution in [0.25, 0.3) is 0 Å². The Morgan fingerprint density at radius 3 is 2.64 bits per heavy atom. The molecule has 3 heterocycles. The van der Waals surface area contributed by atoms with Crippen LogP contribution in [0, 0.1) is 35.0 Å². The number of nitrogens with one attached hydrogen (secondary N) is 1. The number of likely N-dealkylation sites (tertiary alicyclic amines) is 1. The van der Waals surface area contributed by atoms with Crippen LogP contribution in [0.1, 0.15) is 37.7 Å². The standard InChI is InChI=1S/C27H35ClN6O2/c28-23-13-20(6-5-19(23)15-29)34-24(18-3-1-2-4-18)14-25(31-34)33-16-21-22(17-33)26(21)27(35)30-7-8-32-9-11-36-12-10-32/h5-6,13,18,21-22,24,26H,1-4,7-12,14,16-17H2,(H,30,35)/t21-,22+,24?,26?. The number of halogens is 1. The van der Waals surface area contributed by atoms with Gasteiger partial charge in [-0.3, -0.25) is 14.7 Å². The number of piperidine rings is 1. The number of nitriles is 1. The molecule has 0 aromatic heterocycles. The number of hydrogen-bond acceptors (Lipinski definition) is 7. The third kappa shape index (κ3) is 4.69. The first-order valence-corrected chi connectivity index (χ1v) is 13.9. The number of rotatable bonds is 6. The number of amidine groups is 1. The molecule has 9 heteroatoms. The van der Waals surface area contributed by atoms with E-state index in [-0.39, 0.29) is 11.8 Å². The summed E-state index contributed by atoms with van der Waals surface area (Å²) in [4.78, 5) is 17.6. The number of nitrogens with zero attached hydrogens (tertiary/aromatic N) is 5. The van der Waals surface area contributed by atoms with Gasteiger partial charge < -0.3 is 15.0 Å². The number of morpholine rings is 1. The predicted octanol–water partition coefficient (Wildman–Crippen LogP) is 2.92. The van der Waals surface area contributed by atoms with E-state index < -0.39 is 0 Å². The average molecular weight is 511 g/mol. The highest BCUT2D eigenvalue weighted by Crippen LogP contribution is 2.52. The fourth-order valence-corrected chi connectivity index (χ4v) is 7.02. The van der Waals surface area contributed by atoms with Gasteiger partial charge in [0.2, 0.25) is 5.91 Å². The van der Waals surface area contributed by atoms with Crippen molar-refractivity contribution in [3.8, 4) is 6.07 Å². The second kappa shape index (κ2) is 10.2. The number of hydrazone groups is 1. The molecule has 1 aromatic rings. The number of anilines is 1. The lowest BCUT2D eigenvalue weighted by Crippen LogP contribution is -2.42. The maximum Gasteiger partial charge on any atom is 0.223 e. The van der Waals surface area contributed by atoms with Crippen molar-refractivity contribution in [1.82, 2.24) is 15.1 Å². The van der Waals surface area contributed by atoms with Crippen molar-refractivity contribution in [3.05, 3.63) is 28.8 Å². The van der Waals surface area contributed by atoms with Gasteiger partial charge >= 0.3 is 0 Å². The highest BCUT2D eigenvalue weighted by molar-refractivity contribution is 6.32. The van der Waals surface area contributed by atoms with Gasteiger partial charge in [0.1, 0.15) is 11.9 Å². The molecule has 5 aliphatic rings. The third-order valence-corrected chi connectivity index (χ3v) is 9.22. The largest absolute Gasteiger partial charge is 0.379 e. The lowest BCUT2D eigenvalue weighted by Gasteiger charge is -2.28. The molecule has 4 fully saturated rings. The zero-order valence-corrected chi connectivity index (χ0v) is 21.5. The zero-order chi connectivity index (χ0) is 24.6. The zero-order valence-electron chi connectivity index (χ0n) is 20.7. The molecular formula is C27H35ClN6O2. The summed E-state index contributed by atoms with van der Waals surface area (Å²) in [5.41, 5.74) is 1.46. The fraction of sp³-hybridized carbons (Fsp3) is 0.667. The van der Waals surface area contributed by atoms with Gasteiger partial charge in [-0.05, 0) is 48.8 Å². The summed E-state index contributed by atoms with van der Waals surface area (Å²) in [7, 11) is 0. The lowest BCUT2D eigenvalue weighted by molar-refractivity contribution is -0.123. The van der Waals surface area contributed by atoms with E-state index >= 15 is 0 Å². The molecule has 0 spiro atoms. The Bertz CT molecular complexity index is 1050. The van der Waals surface area contributed by atoms with Crippen molar-refractivity contribution in [2.24, 2.45) is 28.8 Å². The van der Waals surface area contributed by atoms with Crippen LogP contribution >= 0.6 is 11.6 Å². The van der Waals surface area contributed by atoms with E-state index in [9.17, 15) is 10.1 Å². The minimum absolute atomic E-state index is 0.159. The number of hydrogen-bond donors (Lipinski definition) is 1. The number of benzene rings is 1. The van der Waals surface area contributed by atoms with E-state index in [0.29, 0.717) is 34.4 Å². The first kappa shape index (κ1) is 24.0. The normalized spacial score (nSPS) is 30.3. The number of fused-ring (bicyclic) bond motifs is 1. The molecule has 0 bridgehead atoms. The van der Waals surface area contributed by atoms with Crippen LogP contribution in [0.4, 0.5) is 5.69 Å². The SMILES string of the molecule is N#Cc1ccc(N2N=C(N3C[C@@H]4C(C(=O)NCCN5CCOCC5)[C@@H]4C3)CC2C2CCCC2)cc1Cl. The van der Waals surface area contributed by atoms with Crippen molar-refractivity contribution in [1.29, 1.82) is 5.26 Å². The second-order valence-electron chi connectivity index (χ2n) is 11.0. The summed E-state index contributed by atoms with van der Waals surface area (Å²) >= 11 is 6.38. The number of carbonyl (C=O) groups is 1. The van der Waals surface area contributed by atoms with Gasteiger partial charge in [0.15, 0.2) is 0 Å². The Labute approximate surface area is 218 Å². The van der Waals surface area contributed by atoms with Crippen LogP contribution in [0.15, 0.2) is 23.3 Å². The lowest BCUT2D eigenvalue weighted by atomic mass is 9.94. The van der Waals surface area contributed by atoms with Gasteiger partial charge in [-0.25, -0.2) is 0 Å². The molecule has 3 aliphatic heterocycles. The number of ether oxygens (including phenoxy) is 1. The molecule has 4 atom stereocenters. The Balaban J connectivity index is 1.07. The van der Waals surface area contributed by atoms with E-state index in [1.807, 2.05) is 12.1 Å². The van der Waals surface area contributed by atoms with Crippen molar-refractivity contribution in [2.45, 2.75) is 38.1 Å². The van der Waals surface area contributed by atoms with E-state index in [1.54, 1.807) is 6.07 Å². The quantitative estimate of drug-likeness (QED) is 0.633. The van der Waals surface area contributed by atoms with Crippen LogP contribution in [0.2, 0.25) is 5.02 Å². The fourth-order valence-electron chi connectivity index (χ4n) is 6.81. The van der Waals surface area contributed by atoms with E-state index in [0.717, 1.165) is 70.4 Å². The Kier molecular flexibility index (Phi) is 6.80. The topological polar surface area (TPSA) is 84.2 Å². The van der Waals surface area contributed by atoms with E-state index in [4.69, 9.17) is 21.4 Å². The Hall–Kier alpha value is -2.34. The predicted molar refractivity (Wildman–Crippen MR) is 139 cm³/mol. The highest BCUT2D eigenvalue weighted by Gasteiger charge is 2.60. The summed E-state index contributed by atoms with van der Waals surface area (Å²) < 4.78 is 5.40. The first-order chi connectivity index (χ1) is 17.6. The van der Waals surface area contributed by atoms with Crippen molar-refractivity contribution < 1.29 is 9.53 Å². The summed E-state index contributed by atoms with van der Waals surface area (Å²) in [6.45, 7) is 6.95. The Morgan fingerprint density at radius 1 is 1.19 bits per heavy atom. The summed E-state index contributed by atoms with van der Waals surface area (Å²) in [6.07, 6.45) is 6.00. The molecule has 1 amide bonds. The van der Waals surface area contributed by atoms with Gasteiger partial charge in [-0.2, -0.15) is 10.4 Å². The van der Waals surface area contributed by atoms with Crippen LogP contribution in [0.3, 0.4) is 0 Å². The van der Waals surface area contributed by atoms with Crippen molar-refractivity contribution >= 4 is 29.0 Å². The monoisotopic (exact) mass is 510 g/mol. The van der Waals surface area contributed by atoms with Gasteiger partial charge in [0.05, 0.1) is 35.5 Å². The minimum atomic E-state index is 0.159. The van der Waals surface area contributed by atoms with Crippen LogP contribution in [-0.4, -0.2) is 80.1 Å². The molecule has 2 unspecified atom stereocenters. The van der Waals surface area contributed by atoms with E-state index in [1.165, 1.54) is 25.7 Å². The maximum atomic E-state index is 12.8. The smallest absolute Gasteiger partial charge is 0.223 e. The van der Waals surface area contributed by atoms with Gasteiger partial charge in [0, 0.05) is 51.6 Å². The van der Waals surface area contributed by atoms with E-state index in [2.05, 4.69) is 26.2 Å². The van der Waals surface area contributed by atoms with Crippen LogP contribution in [0.5, 0.6) is 0 Å². The minimum Gasteiger partial charge on any atom is -0.379 e. The summed E-state index contributed by atoms with van der Waals surface area (Å²) in [5, 5.41) is 20.2. The molecule has 36 heavy (non-hydrogen) atoms. The maximum absolute atomic E-state index is 12.8. The number of amides is 1. The molecule has 192 valence electrons. The molecular weight excluding hydrogens is 476 g/mol. The second-order valence-corrected chi connectivity index (χ2v) is 11.4. The van der Waals surface area contributed by atoms with Crippen molar-refractivity contribution in [3.63, 3.8) is 0 Å². The molecule has 1 N–H and O–H groups in total. The molecule has 8 nitrogen and oxygen atoms in total.